The molecule has 0 aromatic carbocycles. The summed E-state index contributed by atoms with van der Waals surface area (Å²) in [5.74, 6) is -0.241. The second-order valence-corrected chi connectivity index (χ2v) is 5.20. The zero-order valence-corrected chi connectivity index (χ0v) is 11.8. The van der Waals surface area contributed by atoms with E-state index in [9.17, 15) is 9.59 Å². The average Bonchev–Trinajstić information content (AvgIpc) is 2.79. The third-order valence-electron chi connectivity index (χ3n) is 2.93. The van der Waals surface area contributed by atoms with Gasteiger partial charge in [0.1, 0.15) is 5.15 Å². The molecule has 0 aliphatic carbocycles. The Balaban J connectivity index is 2.04. The third kappa shape index (κ3) is 3.36. The molecule has 7 heteroatoms. The molecule has 1 aromatic heterocycles. The van der Waals surface area contributed by atoms with Gasteiger partial charge in [0, 0.05) is 32.3 Å². The van der Waals surface area contributed by atoms with E-state index >= 15 is 0 Å². The van der Waals surface area contributed by atoms with Crippen LogP contribution < -0.4 is 5.32 Å². The Morgan fingerprint density at radius 3 is 2.84 bits per heavy atom. The second kappa shape index (κ2) is 5.75. The Bertz CT molecular complexity index is 522. The average molecular weight is 302 g/mol. The fourth-order valence-electron chi connectivity index (χ4n) is 2.07. The number of nitrogens with one attached hydrogen (secondary N) is 1. The van der Waals surface area contributed by atoms with Crippen LogP contribution in [0.5, 0.6) is 0 Å². The first kappa shape index (κ1) is 14.1. The summed E-state index contributed by atoms with van der Waals surface area (Å²) in [6, 6.07) is 1.52. The van der Waals surface area contributed by atoms with E-state index in [-0.39, 0.29) is 28.0 Å². The number of likely N-dealkylation sites (tertiary alicyclic amines) is 1. The molecule has 2 rings (SSSR count). The minimum Gasteiger partial charge on any atom is -0.352 e. The summed E-state index contributed by atoms with van der Waals surface area (Å²) >= 11 is 11.5. The van der Waals surface area contributed by atoms with Gasteiger partial charge in [0.2, 0.25) is 5.91 Å². The predicted molar refractivity (Wildman–Crippen MR) is 72.4 cm³/mol. The van der Waals surface area contributed by atoms with Crippen molar-refractivity contribution in [2.24, 2.45) is 0 Å². The Morgan fingerprint density at radius 1 is 1.47 bits per heavy atom. The highest BCUT2D eigenvalue weighted by Crippen LogP contribution is 2.21. The minimum absolute atomic E-state index is 0.0113. The SMILES string of the molecule is CC(=O)NC1CCN(C(=O)c2cnc(Cl)c(Cl)c2)C1. The fourth-order valence-corrected chi connectivity index (χ4v) is 2.34. The number of aromatic nitrogens is 1. The topological polar surface area (TPSA) is 62.3 Å². The molecule has 1 unspecified atom stereocenters. The van der Waals surface area contributed by atoms with Crippen molar-refractivity contribution in [2.45, 2.75) is 19.4 Å². The number of carbonyl (C=O) groups excluding carboxylic acids is 2. The molecule has 5 nitrogen and oxygen atoms in total. The van der Waals surface area contributed by atoms with Gasteiger partial charge in [-0.2, -0.15) is 0 Å². The number of rotatable bonds is 2. The summed E-state index contributed by atoms with van der Waals surface area (Å²) in [6.45, 7) is 2.57. The smallest absolute Gasteiger partial charge is 0.255 e. The molecule has 1 N–H and O–H groups in total. The highest BCUT2D eigenvalue weighted by atomic mass is 35.5. The van der Waals surface area contributed by atoms with Crippen molar-refractivity contribution in [1.29, 1.82) is 0 Å². The van der Waals surface area contributed by atoms with E-state index in [4.69, 9.17) is 23.2 Å². The van der Waals surface area contributed by atoms with Crippen LogP contribution in [0.2, 0.25) is 10.2 Å². The lowest BCUT2D eigenvalue weighted by Gasteiger charge is -2.16. The lowest BCUT2D eigenvalue weighted by molar-refractivity contribution is -0.119. The molecule has 1 fully saturated rings. The van der Waals surface area contributed by atoms with E-state index in [0.29, 0.717) is 18.7 Å². The van der Waals surface area contributed by atoms with Crippen molar-refractivity contribution in [1.82, 2.24) is 15.2 Å². The molecule has 2 heterocycles. The summed E-state index contributed by atoms with van der Waals surface area (Å²) in [5.41, 5.74) is 0.401. The van der Waals surface area contributed by atoms with E-state index < -0.39 is 0 Å². The van der Waals surface area contributed by atoms with E-state index in [1.165, 1.54) is 19.2 Å². The fraction of sp³-hybridized carbons (Fsp3) is 0.417. The standard InChI is InChI=1S/C12H13Cl2N3O2/c1-7(18)16-9-2-3-17(6-9)12(19)8-4-10(13)11(14)15-5-8/h4-5,9H,2-3,6H2,1H3,(H,16,18). The van der Waals surface area contributed by atoms with Crippen LogP contribution in [0.3, 0.4) is 0 Å². The summed E-state index contributed by atoms with van der Waals surface area (Å²) < 4.78 is 0. The summed E-state index contributed by atoms with van der Waals surface area (Å²) in [4.78, 5) is 28.7. The van der Waals surface area contributed by atoms with Crippen LogP contribution >= 0.6 is 23.2 Å². The van der Waals surface area contributed by atoms with E-state index in [1.807, 2.05) is 0 Å². The molecule has 102 valence electrons. The maximum atomic E-state index is 12.2. The van der Waals surface area contributed by atoms with Crippen molar-refractivity contribution < 1.29 is 9.59 Å². The van der Waals surface area contributed by atoms with Crippen LogP contribution in [0.25, 0.3) is 0 Å². The molecule has 1 saturated heterocycles. The minimum atomic E-state index is -0.154. The number of hydrogen-bond donors (Lipinski definition) is 1. The number of carbonyl (C=O) groups is 2. The molecule has 0 radical (unpaired) electrons. The van der Waals surface area contributed by atoms with Crippen molar-refractivity contribution >= 4 is 35.0 Å². The monoisotopic (exact) mass is 301 g/mol. The van der Waals surface area contributed by atoms with E-state index in [1.54, 1.807) is 4.90 Å². The summed E-state index contributed by atoms with van der Waals surface area (Å²) in [6.07, 6.45) is 2.16. The number of amides is 2. The van der Waals surface area contributed by atoms with Crippen LogP contribution in [0.15, 0.2) is 12.3 Å². The first-order valence-corrected chi connectivity index (χ1v) is 6.60. The quantitative estimate of drug-likeness (QED) is 0.846. The molecular weight excluding hydrogens is 289 g/mol. The number of nitrogens with zero attached hydrogens (tertiary/aromatic N) is 2. The Hall–Kier alpha value is -1.33. The molecule has 2 amide bonds. The van der Waals surface area contributed by atoms with Gasteiger partial charge in [-0.3, -0.25) is 9.59 Å². The molecule has 19 heavy (non-hydrogen) atoms. The van der Waals surface area contributed by atoms with Crippen molar-refractivity contribution in [3.63, 3.8) is 0 Å². The van der Waals surface area contributed by atoms with Crippen molar-refractivity contribution in [3.8, 4) is 0 Å². The normalized spacial score (nSPS) is 18.5. The van der Waals surface area contributed by atoms with Crippen LogP contribution in [-0.4, -0.2) is 40.8 Å². The number of pyridine rings is 1. The summed E-state index contributed by atoms with van der Waals surface area (Å²) in [7, 11) is 0. The maximum absolute atomic E-state index is 12.2. The number of halogens is 2. The molecule has 0 spiro atoms. The van der Waals surface area contributed by atoms with Gasteiger partial charge in [-0.1, -0.05) is 23.2 Å². The van der Waals surface area contributed by atoms with Gasteiger partial charge >= 0.3 is 0 Å². The van der Waals surface area contributed by atoms with Crippen LogP contribution in [0, 0.1) is 0 Å². The molecular formula is C12H13Cl2N3O2. The molecule has 0 bridgehead atoms. The third-order valence-corrected chi connectivity index (χ3v) is 3.61. The van der Waals surface area contributed by atoms with Gasteiger partial charge in [-0.05, 0) is 12.5 Å². The van der Waals surface area contributed by atoms with Gasteiger partial charge < -0.3 is 10.2 Å². The van der Waals surface area contributed by atoms with E-state index in [0.717, 1.165) is 6.42 Å². The van der Waals surface area contributed by atoms with Crippen LogP contribution in [-0.2, 0) is 4.79 Å². The van der Waals surface area contributed by atoms with Gasteiger partial charge in [0.25, 0.3) is 5.91 Å². The van der Waals surface area contributed by atoms with Gasteiger partial charge in [0.15, 0.2) is 0 Å². The predicted octanol–water partition coefficient (Wildman–Crippen LogP) is 1.74. The molecule has 1 aliphatic heterocycles. The van der Waals surface area contributed by atoms with E-state index in [2.05, 4.69) is 10.3 Å². The highest BCUT2D eigenvalue weighted by Gasteiger charge is 2.27. The lowest BCUT2D eigenvalue weighted by atomic mass is 10.2. The van der Waals surface area contributed by atoms with Gasteiger partial charge in [0.05, 0.1) is 10.6 Å². The first-order chi connectivity index (χ1) is 8.97. The molecule has 1 aromatic rings. The van der Waals surface area contributed by atoms with Crippen molar-refractivity contribution in [3.05, 3.63) is 28.0 Å². The molecule has 0 saturated carbocycles. The maximum Gasteiger partial charge on any atom is 0.255 e. The largest absolute Gasteiger partial charge is 0.352 e. The van der Waals surface area contributed by atoms with Crippen molar-refractivity contribution in [2.75, 3.05) is 13.1 Å². The Kier molecular flexibility index (Phi) is 4.27. The first-order valence-electron chi connectivity index (χ1n) is 5.85. The highest BCUT2D eigenvalue weighted by molar-refractivity contribution is 6.41. The molecule has 1 aliphatic rings. The van der Waals surface area contributed by atoms with Crippen LogP contribution in [0.4, 0.5) is 0 Å². The van der Waals surface area contributed by atoms with Crippen LogP contribution in [0.1, 0.15) is 23.7 Å². The zero-order valence-electron chi connectivity index (χ0n) is 10.3. The summed E-state index contributed by atoms with van der Waals surface area (Å²) in [5, 5.41) is 3.23. The van der Waals surface area contributed by atoms with Gasteiger partial charge in [-0.25, -0.2) is 4.98 Å². The van der Waals surface area contributed by atoms with Gasteiger partial charge in [-0.15, -0.1) is 0 Å². The zero-order chi connectivity index (χ0) is 14.0. The Labute approximate surface area is 120 Å². The Morgan fingerprint density at radius 2 is 2.21 bits per heavy atom. The second-order valence-electron chi connectivity index (χ2n) is 4.43. The molecule has 1 atom stereocenters. The number of hydrogen-bond acceptors (Lipinski definition) is 3. The lowest BCUT2D eigenvalue weighted by Crippen LogP contribution is -2.37.